The van der Waals surface area contributed by atoms with Crippen LogP contribution in [0.4, 0.5) is 0 Å². The van der Waals surface area contributed by atoms with Crippen molar-refractivity contribution in [3.05, 3.63) is 42.5 Å². The van der Waals surface area contributed by atoms with Crippen LogP contribution in [0.15, 0.2) is 41.8 Å². The molecule has 0 aliphatic carbocycles. The van der Waals surface area contributed by atoms with Crippen LogP contribution in [-0.2, 0) is 16.6 Å². The summed E-state index contributed by atoms with van der Waals surface area (Å²) in [5, 5.41) is 0. The predicted molar refractivity (Wildman–Crippen MR) is 59.7 cm³/mol. The average Bonchev–Trinajstić information content (AvgIpc) is 2.26. The van der Waals surface area contributed by atoms with E-state index < -0.39 is 10.0 Å². The van der Waals surface area contributed by atoms with E-state index in [-0.39, 0.29) is 11.4 Å². The molecule has 1 aromatic rings. The first-order chi connectivity index (χ1) is 7.10. The molecule has 0 heterocycles. The van der Waals surface area contributed by atoms with Crippen molar-refractivity contribution in [3.8, 4) is 0 Å². The lowest BCUT2D eigenvalue weighted by atomic mass is 10.2. The zero-order valence-electron chi connectivity index (χ0n) is 8.31. The molecule has 0 aliphatic rings. The topological polar surface area (TPSA) is 72.2 Å². The third-order valence-electron chi connectivity index (χ3n) is 1.89. The molecule has 82 valence electrons. The van der Waals surface area contributed by atoms with Crippen molar-refractivity contribution < 1.29 is 8.42 Å². The van der Waals surface area contributed by atoms with E-state index in [0.29, 0.717) is 6.54 Å². The molecule has 0 aromatic heterocycles. The first-order valence-electron chi connectivity index (χ1n) is 4.49. The zero-order valence-corrected chi connectivity index (χ0v) is 9.13. The van der Waals surface area contributed by atoms with Crippen LogP contribution in [0, 0.1) is 0 Å². The lowest BCUT2D eigenvalue weighted by molar-refractivity contribution is 0.585. The van der Waals surface area contributed by atoms with Gasteiger partial charge in [-0.1, -0.05) is 18.2 Å². The molecular weight excluding hydrogens is 212 g/mol. The molecule has 5 heteroatoms. The molecular formula is C10H14N2O2S. The number of hydrogen-bond acceptors (Lipinski definition) is 3. The van der Waals surface area contributed by atoms with Gasteiger partial charge in [0.1, 0.15) is 0 Å². The van der Waals surface area contributed by atoms with E-state index in [2.05, 4.69) is 11.3 Å². The number of rotatable bonds is 5. The van der Waals surface area contributed by atoms with Gasteiger partial charge in [0, 0.05) is 13.1 Å². The van der Waals surface area contributed by atoms with Crippen molar-refractivity contribution in [1.29, 1.82) is 0 Å². The predicted octanol–water partition coefficient (Wildman–Crippen LogP) is 0.610. The normalized spacial score (nSPS) is 11.3. The molecule has 15 heavy (non-hydrogen) atoms. The Kier molecular flexibility index (Phi) is 4.02. The molecule has 0 saturated carbocycles. The van der Waals surface area contributed by atoms with Gasteiger partial charge in [0.15, 0.2) is 0 Å². The van der Waals surface area contributed by atoms with Gasteiger partial charge >= 0.3 is 0 Å². The molecule has 0 atom stereocenters. The molecule has 0 fully saturated rings. The molecule has 0 unspecified atom stereocenters. The van der Waals surface area contributed by atoms with Gasteiger partial charge in [-0.25, -0.2) is 13.1 Å². The number of benzene rings is 1. The highest BCUT2D eigenvalue weighted by atomic mass is 32.2. The van der Waals surface area contributed by atoms with Gasteiger partial charge in [-0.05, 0) is 17.7 Å². The van der Waals surface area contributed by atoms with Gasteiger partial charge < -0.3 is 5.73 Å². The number of nitrogens with one attached hydrogen (secondary N) is 1. The minimum Gasteiger partial charge on any atom is -0.326 e. The molecule has 1 rings (SSSR count). The van der Waals surface area contributed by atoms with Crippen molar-refractivity contribution in [3.63, 3.8) is 0 Å². The Morgan fingerprint density at radius 2 is 1.93 bits per heavy atom. The fourth-order valence-corrected chi connectivity index (χ4v) is 2.05. The zero-order chi connectivity index (χ0) is 11.3. The maximum absolute atomic E-state index is 11.6. The standard InChI is InChI=1S/C10H14N2O2S/c1-2-7-12-15(13,14)10-5-3-9(8-11)4-6-10/h2-6,12H,1,7-8,11H2. The first-order valence-corrected chi connectivity index (χ1v) is 5.98. The third-order valence-corrected chi connectivity index (χ3v) is 3.33. The first kappa shape index (κ1) is 11.9. The summed E-state index contributed by atoms with van der Waals surface area (Å²) in [6.07, 6.45) is 1.49. The second-order valence-corrected chi connectivity index (χ2v) is 4.76. The number of hydrogen-bond donors (Lipinski definition) is 2. The minimum atomic E-state index is -3.41. The lowest BCUT2D eigenvalue weighted by Gasteiger charge is -2.04. The van der Waals surface area contributed by atoms with Crippen molar-refractivity contribution in [1.82, 2.24) is 4.72 Å². The second-order valence-electron chi connectivity index (χ2n) is 2.99. The number of nitrogens with two attached hydrogens (primary N) is 1. The van der Waals surface area contributed by atoms with Gasteiger partial charge in [-0.15, -0.1) is 6.58 Å². The Hall–Kier alpha value is -1.17. The second kappa shape index (κ2) is 5.06. The smallest absolute Gasteiger partial charge is 0.240 e. The van der Waals surface area contributed by atoms with Crippen molar-refractivity contribution in [2.45, 2.75) is 11.4 Å². The molecule has 0 amide bonds. The summed E-state index contributed by atoms with van der Waals surface area (Å²) >= 11 is 0. The highest BCUT2D eigenvalue weighted by Crippen LogP contribution is 2.09. The molecule has 0 radical (unpaired) electrons. The van der Waals surface area contributed by atoms with Crippen LogP contribution in [0.5, 0.6) is 0 Å². The highest BCUT2D eigenvalue weighted by Gasteiger charge is 2.11. The Morgan fingerprint density at radius 3 is 2.40 bits per heavy atom. The SMILES string of the molecule is C=CCNS(=O)(=O)c1ccc(CN)cc1. The fraction of sp³-hybridized carbons (Fsp3) is 0.200. The molecule has 4 nitrogen and oxygen atoms in total. The summed E-state index contributed by atoms with van der Waals surface area (Å²) in [5.41, 5.74) is 6.31. The highest BCUT2D eigenvalue weighted by molar-refractivity contribution is 7.89. The maximum Gasteiger partial charge on any atom is 0.240 e. The van der Waals surface area contributed by atoms with Gasteiger partial charge in [0.2, 0.25) is 10.0 Å². The molecule has 0 saturated heterocycles. The van der Waals surface area contributed by atoms with Gasteiger partial charge in [0.25, 0.3) is 0 Å². The van der Waals surface area contributed by atoms with E-state index in [4.69, 9.17) is 5.73 Å². The Labute approximate surface area is 89.9 Å². The van der Waals surface area contributed by atoms with E-state index >= 15 is 0 Å². The van der Waals surface area contributed by atoms with Gasteiger partial charge in [0.05, 0.1) is 4.90 Å². The third kappa shape index (κ3) is 3.16. The van der Waals surface area contributed by atoms with Crippen LogP contribution in [0.3, 0.4) is 0 Å². The van der Waals surface area contributed by atoms with Crippen molar-refractivity contribution in [2.75, 3.05) is 6.54 Å². The monoisotopic (exact) mass is 226 g/mol. The van der Waals surface area contributed by atoms with Crippen LogP contribution in [0.2, 0.25) is 0 Å². The summed E-state index contributed by atoms with van der Waals surface area (Å²) < 4.78 is 25.6. The van der Waals surface area contributed by atoms with E-state index in [1.807, 2.05) is 0 Å². The summed E-state index contributed by atoms with van der Waals surface area (Å²) in [6, 6.07) is 6.46. The quantitative estimate of drug-likeness (QED) is 0.722. The van der Waals surface area contributed by atoms with E-state index in [9.17, 15) is 8.42 Å². The minimum absolute atomic E-state index is 0.223. The molecule has 0 aliphatic heterocycles. The summed E-state index contributed by atoms with van der Waals surface area (Å²) in [4.78, 5) is 0.238. The van der Waals surface area contributed by atoms with E-state index in [1.165, 1.54) is 18.2 Å². The Balaban J connectivity index is 2.90. The summed E-state index contributed by atoms with van der Waals surface area (Å²) in [6.45, 7) is 4.07. The number of sulfonamides is 1. The fourth-order valence-electron chi connectivity index (χ4n) is 1.06. The van der Waals surface area contributed by atoms with E-state index in [0.717, 1.165) is 5.56 Å². The molecule has 3 N–H and O–H groups in total. The Bertz CT molecular complexity index is 423. The lowest BCUT2D eigenvalue weighted by Crippen LogP contribution is -2.23. The van der Waals surface area contributed by atoms with Crippen LogP contribution >= 0.6 is 0 Å². The maximum atomic E-state index is 11.6. The van der Waals surface area contributed by atoms with Crippen LogP contribution in [0.25, 0.3) is 0 Å². The average molecular weight is 226 g/mol. The molecule has 0 bridgehead atoms. The van der Waals surface area contributed by atoms with Gasteiger partial charge in [-0.2, -0.15) is 0 Å². The van der Waals surface area contributed by atoms with Crippen molar-refractivity contribution >= 4 is 10.0 Å². The van der Waals surface area contributed by atoms with Crippen LogP contribution in [-0.4, -0.2) is 15.0 Å². The van der Waals surface area contributed by atoms with Crippen LogP contribution < -0.4 is 10.5 Å². The van der Waals surface area contributed by atoms with Crippen molar-refractivity contribution in [2.24, 2.45) is 5.73 Å². The van der Waals surface area contributed by atoms with Gasteiger partial charge in [-0.3, -0.25) is 0 Å². The Morgan fingerprint density at radius 1 is 1.33 bits per heavy atom. The summed E-state index contributed by atoms with van der Waals surface area (Å²) in [7, 11) is -3.41. The van der Waals surface area contributed by atoms with E-state index in [1.54, 1.807) is 12.1 Å². The van der Waals surface area contributed by atoms with Crippen LogP contribution in [0.1, 0.15) is 5.56 Å². The molecule has 0 spiro atoms. The molecule has 1 aromatic carbocycles. The summed E-state index contributed by atoms with van der Waals surface area (Å²) in [5.74, 6) is 0. The largest absolute Gasteiger partial charge is 0.326 e.